The number of aromatic amines is 1. The number of nitrogens with zero attached hydrogens (tertiary/aromatic N) is 3. The molecule has 2 heterocycles. The van der Waals surface area contributed by atoms with E-state index in [0.29, 0.717) is 16.7 Å². The Morgan fingerprint density at radius 1 is 1.00 bits per heavy atom. The summed E-state index contributed by atoms with van der Waals surface area (Å²) in [5, 5.41) is 10.1. The molecule has 0 amide bonds. The number of fused-ring (bicyclic) bond motifs is 1. The van der Waals surface area contributed by atoms with Crippen LogP contribution in [0, 0.1) is 12.7 Å². The Morgan fingerprint density at radius 3 is 2.48 bits per heavy atom. The Labute approximate surface area is 152 Å². The third kappa shape index (κ3) is 3.21. The topological polar surface area (TPSA) is 66.5 Å². The standard InChI is InChI=1S/C19H14F3N5/c1-11-2-7-14-15(10-11)24-18(26-17(14)25-16-8-9-23-27-16)19(21,22)12-3-5-13(20)6-4-12/h2-10H,1H3,(H2,23,24,25,26,27). The number of hydrogen-bond donors (Lipinski definition) is 2. The molecule has 0 aliphatic rings. The molecule has 0 radical (unpaired) electrons. The molecule has 0 atom stereocenters. The van der Waals surface area contributed by atoms with E-state index in [4.69, 9.17) is 0 Å². The predicted octanol–water partition coefficient (Wildman–Crippen LogP) is 4.68. The number of halogens is 3. The van der Waals surface area contributed by atoms with Crippen LogP contribution < -0.4 is 5.32 Å². The van der Waals surface area contributed by atoms with Gasteiger partial charge in [-0.3, -0.25) is 5.10 Å². The van der Waals surface area contributed by atoms with Crippen molar-refractivity contribution in [1.29, 1.82) is 0 Å². The number of aryl methyl sites for hydroxylation is 1. The van der Waals surface area contributed by atoms with Gasteiger partial charge < -0.3 is 5.32 Å². The molecular formula is C19H14F3N5. The summed E-state index contributed by atoms with van der Waals surface area (Å²) in [5.74, 6) is -4.11. The monoisotopic (exact) mass is 369 g/mol. The number of H-pyrrole nitrogens is 1. The van der Waals surface area contributed by atoms with Crippen LogP contribution in [0.25, 0.3) is 10.9 Å². The molecule has 2 aromatic carbocycles. The fourth-order valence-electron chi connectivity index (χ4n) is 2.71. The molecule has 27 heavy (non-hydrogen) atoms. The zero-order chi connectivity index (χ0) is 19.0. The molecule has 0 aliphatic carbocycles. The second-order valence-corrected chi connectivity index (χ2v) is 6.08. The second-order valence-electron chi connectivity index (χ2n) is 6.08. The first-order valence-corrected chi connectivity index (χ1v) is 8.13. The highest BCUT2D eigenvalue weighted by molar-refractivity contribution is 5.91. The van der Waals surface area contributed by atoms with Crippen LogP contribution in [-0.2, 0) is 5.92 Å². The molecule has 0 saturated carbocycles. The van der Waals surface area contributed by atoms with E-state index in [0.717, 1.165) is 29.8 Å². The number of hydrogen-bond acceptors (Lipinski definition) is 4. The van der Waals surface area contributed by atoms with Crippen LogP contribution in [0.15, 0.2) is 54.7 Å². The van der Waals surface area contributed by atoms with E-state index < -0.39 is 17.6 Å². The van der Waals surface area contributed by atoms with Gasteiger partial charge in [-0.2, -0.15) is 13.9 Å². The first kappa shape index (κ1) is 17.0. The molecule has 2 aromatic heterocycles. The van der Waals surface area contributed by atoms with Gasteiger partial charge in [0.15, 0.2) is 5.82 Å². The summed E-state index contributed by atoms with van der Waals surface area (Å²) in [5.41, 5.74) is 0.865. The maximum atomic E-state index is 15.0. The Balaban J connectivity index is 1.88. The molecule has 0 saturated heterocycles. The molecule has 136 valence electrons. The summed E-state index contributed by atoms with van der Waals surface area (Å²) in [6.45, 7) is 1.85. The van der Waals surface area contributed by atoms with Crippen molar-refractivity contribution in [3.8, 4) is 0 Å². The van der Waals surface area contributed by atoms with E-state index in [-0.39, 0.29) is 11.4 Å². The van der Waals surface area contributed by atoms with Gasteiger partial charge >= 0.3 is 5.92 Å². The Kier molecular flexibility index (Phi) is 4.02. The first-order valence-electron chi connectivity index (χ1n) is 8.13. The largest absolute Gasteiger partial charge is 0.331 e. The van der Waals surface area contributed by atoms with Crippen molar-refractivity contribution >= 4 is 22.5 Å². The molecular weight excluding hydrogens is 355 g/mol. The number of anilines is 2. The van der Waals surface area contributed by atoms with Gasteiger partial charge in [0.2, 0.25) is 5.82 Å². The van der Waals surface area contributed by atoms with Crippen molar-refractivity contribution in [2.24, 2.45) is 0 Å². The van der Waals surface area contributed by atoms with Crippen molar-refractivity contribution in [2.75, 3.05) is 5.32 Å². The minimum absolute atomic E-state index is 0.212. The maximum absolute atomic E-state index is 15.0. The maximum Gasteiger partial charge on any atom is 0.331 e. The summed E-state index contributed by atoms with van der Waals surface area (Å²) in [6.07, 6.45) is 1.60. The van der Waals surface area contributed by atoms with Crippen molar-refractivity contribution < 1.29 is 13.2 Å². The van der Waals surface area contributed by atoms with E-state index >= 15 is 8.78 Å². The average molecular weight is 369 g/mol. The van der Waals surface area contributed by atoms with Gasteiger partial charge in [-0.1, -0.05) is 6.07 Å². The summed E-state index contributed by atoms with van der Waals surface area (Å²) in [7, 11) is 0. The molecule has 0 bridgehead atoms. The van der Waals surface area contributed by atoms with Gasteiger partial charge in [-0.25, -0.2) is 14.4 Å². The van der Waals surface area contributed by atoms with Gasteiger partial charge in [0.05, 0.1) is 5.52 Å². The molecule has 4 aromatic rings. The van der Waals surface area contributed by atoms with Crippen molar-refractivity contribution in [2.45, 2.75) is 12.8 Å². The number of rotatable bonds is 4. The minimum Gasteiger partial charge on any atom is -0.323 e. The lowest BCUT2D eigenvalue weighted by atomic mass is 10.1. The van der Waals surface area contributed by atoms with Crippen LogP contribution in [0.1, 0.15) is 17.0 Å². The van der Waals surface area contributed by atoms with Crippen molar-refractivity contribution in [1.82, 2.24) is 20.2 Å². The summed E-state index contributed by atoms with van der Waals surface area (Å²) in [6, 6.07) is 11.0. The van der Waals surface area contributed by atoms with Gasteiger partial charge in [-0.15, -0.1) is 0 Å². The zero-order valence-electron chi connectivity index (χ0n) is 14.2. The zero-order valence-corrected chi connectivity index (χ0v) is 14.2. The van der Waals surface area contributed by atoms with E-state index in [2.05, 4.69) is 25.5 Å². The fraction of sp³-hybridized carbons (Fsp3) is 0.105. The first-order chi connectivity index (χ1) is 12.9. The van der Waals surface area contributed by atoms with Crippen LogP contribution >= 0.6 is 0 Å². The number of nitrogens with one attached hydrogen (secondary N) is 2. The van der Waals surface area contributed by atoms with Crippen LogP contribution in [0.2, 0.25) is 0 Å². The van der Waals surface area contributed by atoms with Gasteiger partial charge in [0, 0.05) is 23.2 Å². The highest BCUT2D eigenvalue weighted by Gasteiger charge is 2.38. The fourth-order valence-corrected chi connectivity index (χ4v) is 2.71. The van der Waals surface area contributed by atoms with E-state index in [1.165, 1.54) is 0 Å². The summed E-state index contributed by atoms with van der Waals surface area (Å²) in [4.78, 5) is 8.13. The van der Waals surface area contributed by atoms with Gasteiger partial charge in [-0.05, 0) is 48.9 Å². The normalized spacial score (nSPS) is 11.7. The highest BCUT2D eigenvalue weighted by Crippen LogP contribution is 2.36. The van der Waals surface area contributed by atoms with E-state index in [9.17, 15) is 4.39 Å². The van der Waals surface area contributed by atoms with Crippen molar-refractivity contribution in [3.63, 3.8) is 0 Å². The molecule has 8 heteroatoms. The smallest absolute Gasteiger partial charge is 0.323 e. The van der Waals surface area contributed by atoms with Crippen molar-refractivity contribution in [3.05, 3.63) is 77.5 Å². The average Bonchev–Trinajstić information content (AvgIpc) is 3.14. The number of benzene rings is 2. The van der Waals surface area contributed by atoms with Gasteiger partial charge in [0.1, 0.15) is 11.6 Å². The third-order valence-electron chi connectivity index (χ3n) is 4.09. The minimum atomic E-state index is -3.49. The molecule has 0 aliphatic heterocycles. The SMILES string of the molecule is Cc1ccc2c(Nc3cc[nH]n3)nc(C(F)(F)c3ccc(F)cc3)nc2c1. The lowest BCUT2D eigenvalue weighted by Gasteiger charge is -2.17. The second kappa shape index (κ2) is 6.39. The molecule has 0 spiro atoms. The number of alkyl halides is 2. The Bertz CT molecular complexity index is 1090. The lowest BCUT2D eigenvalue weighted by Crippen LogP contribution is -2.20. The Morgan fingerprint density at radius 2 is 1.78 bits per heavy atom. The Hall–Kier alpha value is -3.42. The highest BCUT2D eigenvalue weighted by atomic mass is 19.3. The summed E-state index contributed by atoms with van der Waals surface area (Å²) < 4.78 is 43.1. The lowest BCUT2D eigenvalue weighted by molar-refractivity contribution is 0.0333. The molecule has 2 N–H and O–H groups in total. The summed E-state index contributed by atoms with van der Waals surface area (Å²) >= 11 is 0. The molecule has 0 unspecified atom stereocenters. The van der Waals surface area contributed by atoms with Crippen LogP contribution in [0.5, 0.6) is 0 Å². The van der Waals surface area contributed by atoms with Gasteiger partial charge in [0.25, 0.3) is 0 Å². The van der Waals surface area contributed by atoms with Crippen LogP contribution in [-0.4, -0.2) is 20.2 Å². The van der Waals surface area contributed by atoms with Crippen LogP contribution in [0.3, 0.4) is 0 Å². The van der Waals surface area contributed by atoms with Crippen LogP contribution in [0.4, 0.5) is 24.8 Å². The number of aromatic nitrogens is 4. The molecule has 4 rings (SSSR count). The molecule has 5 nitrogen and oxygen atoms in total. The predicted molar refractivity (Wildman–Crippen MR) is 95.5 cm³/mol. The molecule has 0 fully saturated rings. The third-order valence-corrected chi connectivity index (χ3v) is 4.09. The van der Waals surface area contributed by atoms with E-state index in [1.807, 2.05) is 13.0 Å². The van der Waals surface area contributed by atoms with E-state index in [1.54, 1.807) is 24.4 Å². The quantitative estimate of drug-likeness (QED) is 0.548.